The maximum Gasteiger partial charge on any atom is 0.164 e. The van der Waals surface area contributed by atoms with E-state index in [1.807, 2.05) is 32.0 Å². The molecule has 1 aromatic rings. The molecule has 2 unspecified atom stereocenters. The van der Waals surface area contributed by atoms with Gasteiger partial charge in [0.05, 0.1) is 0 Å². The van der Waals surface area contributed by atoms with E-state index in [1.54, 1.807) is 11.8 Å². The van der Waals surface area contributed by atoms with Crippen molar-refractivity contribution in [1.29, 1.82) is 0 Å². The molecule has 0 amide bonds. The number of thioether (sulfide) groups is 1. The van der Waals surface area contributed by atoms with E-state index in [2.05, 4.69) is 17.2 Å². The SMILES string of the molecule is CC.CSc1ccccc1C(=O)CC1CCCCC1N1CCCC1. The predicted molar refractivity (Wildman–Crippen MR) is 105 cm³/mol. The van der Waals surface area contributed by atoms with Crippen molar-refractivity contribution in [3.05, 3.63) is 29.8 Å². The predicted octanol–water partition coefficient (Wildman–Crippen LogP) is 5.66. The Morgan fingerprint density at radius 1 is 1.08 bits per heavy atom. The summed E-state index contributed by atoms with van der Waals surface area (Å²) in [6.07, 6.45) is 10.6. The van der Waals surface area contributed by atoms with Crippen molar-refractivity contribution in [1.82, 2.24) is 4.90 Å². The molecule has 0 bridgehead atoms. The minimum absolute atomic E-state index is 0.348. The molecule has 0 aromatic heterocycles. The van der Waals surface area contributed by atoms with Crippen molar-refractivity contribution in [2.24, 2.45) is 5.92 Å². The van der Waals surface area contributed by atoms with Crippen LogP contribution in [0.5, 0.6) is 0 Å². The van der Waals surface area contributed by atoms with E-state index in [-0.39, 0.29) is 0 Å². The highest BCUT2D eigenvalue weighted by molar-refractivity contribution is 7.98. The summed E-state index contributed by atoms with van der Waals surface area (Å²) in [6.45, 7) is 6.49. The maximum atomic E-state index is 12.8. The third-order valence-corrected chi connectivity index (χ3v) is 6.13. The van der Waals surface area contributed by atoms with Crippen LogP contribution in [0.4, 0.5) is 0 Å². The Balaban J connectivity index is 0.00000100. The zero-order valence-corrected chi connectivity index (χ0v) is 16.4. The number of carbonyl (C=O) groups is 1. The number of ketones is 1. The number of Topliss-reactive ketones (excluding diaryl/α,β-unsaturated/α-hetero) is 1. The van der Waals surface area contributed by atoms with Crippen molar-refractivity contribution in [2.75, 3.05) is 19.3 Å². The minimum atomic E-state index is 0.348. The molecule has 24 heavy (non-hydrogen) atoms. The van der Waals surface area contributed by atoms with Gasteiger partial charge in [-0.2, -0.15) is 0 Å². The van der Waals surface area contributed by atoms with E-state index < -0.39 is 0 Å². The van der Waals surface area contributed by atoms with Crippen molar-refractivity contribution < 1.29 is 4.79 Å². The lowest BCUT2D eigenvalue weighted by Gasteiger charge is -2.37. The van der Waals surface area contributed by atoms with Gasteiger partial charge in [0.25, 0.3) is 0 Å². The Morgan fingerprint density at radius 2 is 1.75 bits per heavy atom. The van der Waals surface area contributed by atoms with Crippen LogP contribution in [0.25, 0.3) is 0 Å². The van der Waals surface area contributed by atoms with Crippen molar-refractivity contribution in [3.8, 4) is 0 Å². The van der Waals surface area contributed by atoms with Gasteiger partial charge in [0.2, 0.25) is 0 Å². The normalized spacial score (nSPS) is 24.3. The van der Waals surface area contributed by atoms with Crippen LogP contribution in [0.2, 0.25) is 0 Å². The Bertz CT molecular complexity index is 510. The highest BCUT2D eigenvalue weighted by atomic mass is 32.2. The fourth-order valence-corrected chi connectivity index (χ4v) is 4.82. The van der Waals surface area contributed by atoms with Gasteiger partial charge in [-0.15, -0.1) is 11.8 Å². The molecule has 2 nitrogen and oxygen atoms in total. The van der Waals surface area contributed by atoms with E-state index in [0.717, 1.165) is 16.9 Å². The Labute approximate surface area is 152 Å². The van der Waals surface area contributed by atoms with Crippen molar-refractivity contribution >= 4 is 17.5 Å². The van der Waals surface area contributed by atoms with Crippen LogP contribution in [0, 0.1) is 5.92 Å². The molecule has 2 fully saturated rings. The smallest absolute Gasteiger partial charge is 0.164 e. The van der Waals surface area contributed by atoms with Gasteiger partial charge in [0.1, 0.15) is 0 Å². The summed E-state index contributed by atoms with van der Waals surface area (Å²) < 4.78 is 0. The largest absolute Gasteiger partial charge is 0.300 e. The van der Waals surface area contributed by atoms with Crippen LogP contribution in [0.15, 0.2) is 29.2 Å². The summed E-state index contributed by atoms with van der Waals surface area (Å²) in [5.41, 5.74) is 0.931. The van der Waals surface area contributed by atoms with Crippen LogP contribution < -0.4 is 0 Å². The first-order chi connectivity index (χ1) is 11.8. The summed E-state index contributed by atoms with van der Waals surface area (Å²) in [6, 6.07) is 8.74. The number of likely N-dealkylation sites (tertiary alicyclic amines) is 1. The monoisotopic (exact) mass is 347 g/mol. The third kappa shape index (κ3) is 4.86. The molecular weight excluding hydrogens is 314 g/mol. The van der Waals surface area contributed by atoms with Crippen LogP contribution in [-0.2, 0) is 0 Å². The minimum Gasteiger partial charge on any atom is -0.300 e. The number of hydrogen-bond donors (Lipinski definition) is 0. The molecule has 1 heterocycles. The van der Waals surface area contributed by atoms with Crippen molar-refractivity contribution in [3.63, 3.8) is 0 Å². The van der Waals surface area contributed by atoms with Gasteiger partial charge < -0.3 is 4.90 Å². The molecule has 3 rings (SSSR count). The highest BCUT2D eigenvalue weighted by Crippen LogP contribution is 2.34. The summed E-state index contributed by atoms with van der Waals surface area (Å²) in [7, 11) is 0. The first-order valence-corrected chi connectivity index (χ1v) is 10.9. The Morgan fingerprint density at radius 3 is 2.46 bits per heavy atom. The van der Waals surface area contributed by atoms with Gasteiger partial charge in [-0.1, -0.05) is 44.9 Å². The summed E-state index contributed by atoms with van der Waals surface area (Å²) in [5, 5.41) is 0. The topological polar surface area (TPSA) is 20.3 Å². The zero-order chi connectivity index (χ0) is 17.4. The first kappa shape index (κ1) is 19.5. The maximum absolute atomic E-state index is 12.8. The lowest BCUT2D eigenvalue weighted by molar-refractivity contribution is 0.0844. The second-order valence-corrected chi connectivity index (χ2v) is 7.53. The molecule has 2 atom stereocenters. The average Bonchev–Trinajstić information content (AvgIpc) is 3.18. The van der Waals surface area contributed by atoms with Crippen LogP contribution in [0.1, 0.15) is 69.2 Å². The first-order valence-electron chi connectivity index (χ1n) is 9.70. The standard InChI is InChI=1S/C19H27NOS.C2H6/c1-22-19-11-5-3-9-16(19)18(21)14-15-8-2-4-10-17(15)20-12-6-7-13-20;1-2/h3,5,9,11,15,17H,2,4,6-8,10,12-14H2,1H3;1-2H3. The molecule has 3 heteroatoms. The lowest BCUT2D eigenvalue weighted by atomic mass is 9.80. The second-order valence-electron chi connectivity index (χ2n) is 6.68. The average molecular weight is 348 g/mol. The van der Waals surface area contributed by atoms with E-state index >= 15 is 0 Å². The molecule has 1 saturated carbocycles. The fourth-order valence-electron chi connectivity index (χ4n) is 4.20. The molecule has 134 valence electrons. The summed E-state index contributed by atoms with van der Waals surface area (Å²) >= 11 is 1.68. The molecular formula is C21H33NOS. The molecule has 0 N–H and O–H groups in total. The molecule has 1 aliphatic carbocycles. The molecule has 0 radical (unpaired) electrons. The van der Waals surface area contributed by atoms with Crippen LogP contribution in [-0.4, -0.2) is 36.1 Å². The van der Waals surface area contributed by atoms with Gasteiger partial charge >= 0.3 is 0 Å². The molecule has 1 saturated heterocycles. The van der Waals surface area contributed by atoms with E-state index in [0.29, 0.717) is 17.7 Å². The Kier molecular flexibility index (Phi) is 8.34. The van der Waals surface area contributed by atoms with Crippen LogP contribution in [0.3, 0.4) is 0 Å². The number of rotatable bonds is 5. The number of benzene rings is 1. The molecule has 0 spiro atoms. The fraction of sp³-hybridized carbons (Fsp3) is 0.667. The lowest BCUT2D eigenvalue weighted by Crippen LogP contribution is -2.41. The van der Waals surface area contributed by atoms with Crippen LogP contribution >= 0.6 is 11.8 Å². The quantitative estimate of drug-likeness (QED) is 0.506. The molecule has 2 aliphatic rings. The number of hydrogen-bond acceptors (Lipinski definition) is 3. The van der Waals surface area contributed by atoms with E-state index in [1.165, 1.54) is 51.6 Å². The Hall–Kier alpha value is -0.800. The van der Waals surface area contributed by atoms with Gasteiger partial charge in [-0.3, -0.25) is 4.79 Å². The summed E-state index contributed by atoms with van der Waals surface area (Å²) in [5.74, 6) is 0.912. The van der Waals surface area contributed by atoms with E-state index in [9.17, 15) is 4.79 Å². The zero-order valence-electron chi connectivity index (χ0n) is 15.6. The number of carbonyl (C=O) groups excluding carboxylic acids is 1. The van der Waals surface area contributed by atoms with E-state index in [4.69, 9.17) is 0 Å². The second kappa shape index (κ2) is 10.2. The third-order valence-electron chi connectivity index (χ3n) is 5.33. The molecule has 1 aromatic carbocycles. The van der Waals surface area contributed by atoms with Crippen molar-refractivity contribution in [2.45, 2.75) is 69.7 Å². The van der Waals surface area contributed by atoms with Gasteiger partial charge in [-0.25, -0.2) is 0 Å². The molecule has 1 aliphatic heterocycles. The van der Waals surface area contributed by atoms with Gasteiger partial charge in [0.15, 0.2) is 5.78 Å². The number of nitrogens with zero attached hydrogens (tertiary/aromatic N) is 1. The summed E-state index contributed by atoms with van der Waals surface area (Å²) in [4.78, 5) is 16.6. The highest BCUT2D eigenvalue weighted by Gasteiger charge is 2.33. The van der Waals surface area contributed by atoms with Gasteiger partial charge in [-0.05, 0) is 57.0 Å². The van der Waals surface area contributed by atoms with Gasteiger partial charge in [0, 0.05) is 22.9 Å².